The topological polar surface area (TPSA) is 107 Å². The average Bonchev–Trinajstić information content (AvgIpc) is 2.96. The highest BCUT2D eigenvalue weighted by Crippen LogP contribution is 2.24. The van der Waals surface area contributed by atoms with Gasteiger partial charge in [-0.05, 0) is 30.7 Å². The highest BCUT2D eigenvalue weighted by Gasteiger charge is 2.20. The zero-order valence-electron chi connectivity index (χ0n) is 14.2. The number of halogens is 1. The van der Waals surface area contributed by atoms with Crippen molar-refractivity contribution in [3.8, 4) is 17.1 Å². The Morgan fingerprint density at radius 1 is 1.15 bits per heavy atom. The van der Waals surface area contributed by atoms with E-state index in [1.165, 1.54) is 4.57 Å². The molecule has 1 amide bonds. The number of imidazole rings is 1. The van der Waals surface area contributed by atoms with Crippen LogP contribution >= 0.6 is 11.6 Å². The second-order valence-corrected chi connectivity index (χ2v) is 6.46. The summed E-state index contributed by atoms with van der Waals surface area (Å²) in [6.07, 6.45) is 0. The summed E-state index contributed by atoms with van der Waals surface area (Å²) in [7, 11) is 0. The van der Waals surface area contributed by atoms with Crippen LogP contribution in [0.1, 0.15) is 16.1 Å². The third-order valence-corrected chi connectivity index (χ3v) is 4.46. The number of H-pyrrole nitrogens is 1. The predicted octanol–water partition coefficient (Wildman–Crippen LogP) is 2.84. The van der Waals surface area contributed by atoms with Gasteiger partial charge in [-0.2, -0.15) is 0 Å². The highest BCUT2D eigenvalue weighted by atomic mass is 35.5. The Labute approximate surface area is 158 Å². The van der Waals surface area contributed by atoms with E-state index < -0.39 is 11.6 Å². The van der Waals surface area contributed by atoms with Crippen molar-refractivity contribution >= 4 is 28.7 Å². The minimum atomic E-state index is -0.753. The molecular weight excluding hydrogens is 366 g/mol. The van der Waals surface area contributed by atoms with Crippen LogP contribution in [-0.4, -0.2) is 25.4 Å². The fourth-order valence-electron chi connectivity index (χ4n) is 2.96. The van der Waals surface area contributed by atoms with E-state index in [4.69, 9.17) is 17.3 Å². The van der Waals surface area contributed by atoms with Crippen molar-refractivity contribution in [2.75, 3.05) is 0 Å². The van der Waals surface area contributed by atoms with Crippen molar-refractivity contribution < 1.29 is 4.79 Å². The van der Waals surface area contributed by atoms with Crippen LogP contribution in [-0.2, 0) is 0 Å². The molecule has 0 saturated heterocycles. The molecule has 0 bridgehead atoms. The lowest BCUT2D eigenvalue weighted by atomic mass is 10.1. The van der Waals surface area contributed by atoms with Gasteiger partial charge in [-0.3, -0.25) is 4.79 Å². The maximum Gasteiger partial charge on any atom is 0.332 e. The van der Waals surface area contributed by atoms with Gasteiger partial charge in [0.1, 0.15) is 5.52 Å². The molecule has 27 heavy (non-hydrogen) atoms. The molecule has 0 radical (unpaired) electrons. The molecule has 8 heteroatoms. The largest absolute Gasteiger partial charge is 0.364 e. The number of aromatic nitrogens is 4. The van der Waals surface area contributed by atoms with Crippen molar-refractivity contribution in [2.24, 2.45) is 5.73 Å². The van der Waals surface area contributed by atoms with Crippen molar-refractivity contribution in [3.63, 3.8) is 0 Å². The molecule has 0 atom stereocenters. The number of nitrogens with one attached hydrogen (secondary N) is 1. The third kappa shape index (κ3) is 2.88. The smallest absolute Gasteiger partial charge is 0.332 e. The molecular formula is C19H14ClN5O2. The van der Waals surface area contributed by atoms with E-state index in [0.717, 1.165) is 11.1 Å². The first-order chi connectivity index (χ1) is 13.0. The monoisotopic (exact) mass is 379 g/mol. The fraction of sp³-hybridized carbons (Fsp3) is 0.0526. The molecule has 0 fully saturated rings. The highest BCUT2D eigenvalue weighted by molar-refractivity contribution is 6.30. The number of fused-ring (bicyclic) bond motifs is 1. The van der Waals surface area contributed by atoms with Crippen LogP contribution < -0.4 is 11.4 Å². The van der Waals surface area contributed by atoms with Gasteiger partial charge in [0.25, 0.3) is 5.91 Å². The quantitative estimate of drug-likeness (QED) is 0.570. The summed E-state index contributed by atoms with van der Waals surface area (Å²) in [5, 5.41) is 0.469. The molecule has 0 aliphatic carbocycles. The molecule has 0 spiro atoms. The summed E-state index contributed by atoms with van der Waals surface area (Å²) in [5.74, 6) is -0.444. The van der Waals surface area contributed by atoms with Crippen molar-refractivity contribution in [1.82, 2.24) is 19.5 Å². The molecule has 0 aliphatic heterocycles. The number of amides is 1. The molecule has 134 valence electrons. The number of hydrogen-bond donors (Lipinski definition) is 2. The Hall–Kier alpha value is -3.45. The number of nitrogens with two attached hydrogens (primary N) is 1. The fourth-order valence-corrected chi connectivity index (χ4v) is 3.15. The van der Waals surface area contributed by atoms with E-state index in [1.807, 2.05) is 31.2 Å². The number of nitrogens with zero attached hydrogens (tertiary/aromatic N) is 3. The summed E-state index contributed by atoms with van der Waals surface area (Å²) in [6, 6.07) is 14.3. The molecule has 0 aliphatic rings. The molecule has 4 aromatic rings. The Balaban J connectivity index is 2.10. The van der Waals surface area contributed by atoms with E-state index in [9.17, 15) is 9.59 Å². The van der Waals surface area contributed by atoms with E-state index in [1.54, 1.807) is 24.3 Å². The van der Waals surface area contributed by atoms with Gasteiger partial charge in [0.15, 0.2) is 17.2 Å². The first-order valence-electron chi connectivity index (χ1n) is 8.10. The SMILES string of the molecule is Cc1ccccc1-c1nc(C(N)=O)c2[nH]c(=O)n(-c3cccc(Cl)c3)c2n1. The van der Waals surface area contributed by atoms with E-state index in [2.05, 4.69) is 15.0 Å². The summed E-state index contributed by atoms with van der Waals surface area (Å²) < 4.78 is 1.34. The molecule has 3 N–H and O–H groups in total. The maximum atomic E-state index is 12.6. The van der Waals surface area contributed by atoms with Crippen LogP contribution in [0.15, 0.2) is 53.3 Å². The maximum absolute atomic E-state index is 12.6. The minimum Gasteiger partial charge on any atom is -0.364 e. The van der Waals surface area contributed by atoms with Crippen molar-refractivity contribution in [2.45, 2.75) is 6.92 Å². The minimum absolute atomic E-state index is 0.0452. The molecule has 0 saturated carbocycles. The summed E-state index contributed by atoms with van der Waals surface area (Å²) in [6.45, 7) is 1.91. The van der Waals surface area contributed by atoms with Gasteiger partial charge in [-0.15, -0.1) is 0 Å². The summed E-state index contributed by atoms with van der Waals surface area (Å²) in [5.41, 5.74) is 7.62. The number of aryl methyl sites for hydroxylation is 1. The average molecular weight is 380 g/mol. The van der Waals surface area contributed by atoms with Crippen molar-refractivity contribution in [1.29, 1.82) is 0 Å². The number of carbonyl (C=O) groups excluding carboxylic acids is 1. The molecule has 4 rings (SSSR count). The molecule has 0 unspecified atom stereocenters. The zero-order valence-corrected chi connectivity index (χ0v) is 15.0. The lowest BCUT2D eigenvalue weighted by Crippen LogP contribution is -2.15. The first-order valence-corrected chi connectivity index (χ1v) is 8.48. The van der Waals surface area contributed by atoms with Crippen molar-refractivity contribution in [3.05, 3.63) is 75.3 Å². The second kappa shape index (κ2) is 6.37. The van der Waals surface area contributed by atoms with Crippen LogP contribution in [0.4, 0.5) is 0 Å². The summed E-state index contributed by atoms with van der Waals surface area (Å²) >= 11 is 6.06. The van der Waals surface area contributed by atoms with E-state index in [-0.39, 0.29) is 16.9 Å². The van der Waals surface area contributed by atoms with E-state index >= 15 is 0 Å². The predicted molar refractivity (Wildman–Crippen MR) is 103 cm³/mol. The Morgan fingerprint density at radius 3 is 2.63 bits per heavy atom. The Kier molecular flexibility index (Phi) is 4.01. The third-order valence-electron chi connectivity index (χ3n) is 4.22. The number of primary amides is 1. The van der Waals surface area contributed by atoms with Gasteiger partial charge in [-0.25, -0.2) is 19.3 Å². The van der Waals surface area contributed by atoms with Gasteiger partial charge in [0.05, 0.1) is 5.69 Å². The number of rotatable bonds is 3. The standard InChI is InChI=1S/C19H14ClN5O2/c1-10-5-2-3-8-13(10)17-22-14(16(21)26)15-18(24-17)25(19(27)23-15)12-7-4-6-11(20)9-12/h2-9H,1H3,(H2,21,26)(H,23,27). The molecule has 2 aromatic heterocycles. The molecule has 2 aromatic carbocycles. The van der Waals surface area contributed by atoms with E-state index in [0.29, 0.717) is 16.5 Å². The molecule has 2 heterocycles. The lowest BCUT2D eigenvalue weighted by Gasteiger charge is -2.08. The number of benzene rings is 2. The summed E-state index contributed by atoms with van der Waals surface area (Å²) in [4.78, 5) is 36.0. The Bertz CT molecular complexity index is 1260. The van der Waals surface area contributed by atoms with Gasteiger partial charge >= 0.3 is 5.69 Å². The van der Waals surface area contributed by atoms with Gasteiger partial charge in [0, 0.05) is 10.6 Å². The van der Waals surface area contributed by atoms with Crippen LogP contribution in [0.2, 0.25) is 5.02 Å². The Morgan fingerprint density at radius 2 is 1.93 bits per heavy atom. The van der Waals surface area contributed by atoms with Crippen LogP contribution in [0.25, 0.3) is 28.2 Å². The normalized spacial score (nSPS) is 11.0. The second-order valence-electron chi connectivity index (χ2n) is 6.02. The van der Waals surface area contributed by atoms with Gasteiger partial charge < -0.3 is 10.7 Å². The lowest BCUT2D eigenvalue weighted by molar-refractivity contribution is 0.0997. The van der Waals surface area contributed by atoms with Gasteiger partial charge in [-0.1, -0.05) is 41.9 Å². The number of hydrogen-bond acceptors (Lipinski definition) is 4. The molecule has 7 nitrogen and oxygen atoms in total. The number of carbonyl (C=O) groups is 1. The van der Waals surface area contributed by atoms with Crippen LogP contribution in [0.5, 0.6) is 0 Å². The van der Waals surface area contributed by atoms with Crippen LogP contribution in [0, 0.1) is 6.92 Å². The zero-order chi connectivity index (χ0) is 19.1. The van der Waals surface area contributed by atoms with Crippen LogP contribution in [0.3, 0.4) is 0 Å². The first kappa shape index (κ1) is 17.0. The number of aromatic amines is 1. The van der Waals surface area contributed by atoms with Gasteiger partial charge in [0.2, 0.25) is 0 Å².